The average Bonchev–Trinajstić information content (AvgIpc) is 2.89. The highest BCUT2D eigenvalue weighted by Gasteiger charge is 2.49. The molecule has 2 aromatic carbocycles. The largest absolute Gasteiger partial charge is 0.444 e. The Bertz CT molecular complexity index is 1350. The van der Waals surface area contributed by atoms with Gasteiger partial charge in [0.2, 0.25) is 11.4 Å². The predicted molar refractivity (Wildman–Crippen MR) is 139 cm³/mol. The van der Waals surface area contributed by atoms with E-state index in [1.165, 1.54) is 19.3 Å². The SMILES string of the molecule is Cc1ccc2c(c1)OC1=CC(NCCCN3CCCC[C@@H]3C)=C3C(=O)c4ccccc4C(=O)C3C1=[NH+]2. The third-order valence-corrected chi connectivity index (χ3v) is 7.86. The predicted octanol–water partition coefficient (Wildman–Crippen LogP) is 3.24. The molecule has 0 saturated carbocycles. The number of nitrogens with zero attached hydrogens (tertiary/aromatic N) is 1. The van der Waals surface area contributed by atoms with Crippen LogP contribution < -0.4 is 15.0 Å². The number of carbonyl (C=O) groups is 2. The first kappa shape index (κ1) is 22.9. The zero-order chi connectivity index (χ0) is 24.8. The minimum atomic E-state index is -0.716. The highest BCUT2D eigenvalue weighted by Crippen LogP contribution is 2.38. The van der Waals surface area contributed by atoms with Crippen LogP contribution in [0.2, 0.25) is 0 Å². The second kappa shape index (κ2) is 9.17. The standard InChI is InChI=1S/C30H31N3O3/c1-18-11-12-22-24(16-18)36-25-17-23(31-13-7-15-33-14-6-5-8-19(33)2)26-27(28(25)32-22)30(35)21-10-4-3-9-20(21)29(26)34/h3-4,9-12,16-17,19,27,31H,5-8,13-15H2,1-2H3/p+1/t19-,27?/m0/s1. The molecule has 2 aliphatic heterocycles. The monoisotopic (exact) mass is 482 g/mol. The van der Waals surface area contributed by atoms with Crippen LogP contribution in [0.4, 0.5) is 5.69 Å². The van der Waals surface area contributed by atoms with Crippen molar-refractivity contribution in [1.29, 1.82) is 0 Å². The van der Waals surface area contributed by atoms with Crippen molar-refractivity contribution in [2.75, 3.05) is 19.6 Å². The van der Waals surface area contributed by atoms with Crippen molar-refractivity contribution < 1.29 is 19.3 Å². The minimum absolute atomic E-state index is 0.0751. The van der Waals surface area contributed by atoms with Crippen LogP contribution in [-0.4, -0.2) is 47.9 Å². The van der Waals surface area contributed by atoms with Gasteiger partial charge in [0.1, 0.15) is 5.92 Å². The number of allylic oxidation sites excluding steroid dienone is 3. The third kappa shape index (κ3) is 3.90. The lowest BCUT2D eigenvalue weighted by Crippen LogP contribution is -2.72. The lowest BCUT2D eigenvalue weighted by atomic mass is 9.72. The van der Waals surface area contributed by atoms with Gasteiger partial charge in [0, 0.05) is 53.7 Å². The van der Waals surface area contributed by atoms with Gasteiger partial charge in [-0.05, 0) is 51.3 Å². The molecule has 6 rings (SSSR count). The number of piperidine rings is 1. The Balaban J connectivity index is 1.35. The lowest BCUT2D eigenvalue weighted by Gasteiger charge is -2.33. The van der Waals surface area contributed by atoms with Crippen LogP contribution in [0.3, 0.4) is 0 Å². The number of hydrogen-bond acceptors (Lipinski definition) is 5. The quantitative estimate of drug-likeness (QED) is 0.641. The van der Waals surface area contributed by atoms with E-state index in [1.54, 1.807) is 12.1 Å². The van der Waals surface area contributed by atoms with Crippen molar-refractivity contribution in [3.8, 4) is 5.75 Å². The van der Waals surface area contributed by atoms with Crippen LogP contribution >= 0.6 is 0 Å². The van der Waals surface area contributed by atoms with Crippen LogP contribution in [0.5, 0.6) is 5.75 Å². The highest BCUT2D eigenvalue weighted by atomic mass is 16.5. The topological polar surface area (TPSA) is 72.6 Å². The normalized spacial score (nSPS) is 23.1. The van der Waals surface area contributed by atoms with Gasteiger partial charge in [0.15, 0.2) is 23.1 Å². The maximum atomic E-state index is 13.8. The van der Waals surface area contributed by atoms with Gasteiger partial charge < -0.3 is 15.0 Å². The molecule has 2 aliphatic carbocycles. The van der Waals surface area contributed by atoms with Gasteiger partial charge in [-0.3, -0.25) is 9.59 Å². The van der Waals surface area contributed by atoms with E-state index in [2.05, 4.69) is 22.1 Å². The summed E-state index contributed by atoms with van der Waals surface area (Å²) in [5.74, 6) is 0.429. The Morgan fingerprint density at radius 2 is 1.94 bits per heavy atom. The second-order valence-corrected chi connectivity index (χ2v) is 10.3. The van der Waals surface area contributed by atoms with Crippen LogP contribution in [0, 0.1) is 12.8 Å². The maximum Gasteiger partial charge on any atom is 0.246 e. The molecule has 1 unspecified atom stereocenters. The summed E-state index contributed by atoms with van der Waals surface area (Å²) in [5, 5.41) is 3.51. The number of ketones is 2. The number of Topliss-reactive ketones (excluding diaryl/α,β-unsaturated/α-hetero) is 2. The fraction of sp³-hybridized carbons (Fsp3) is 0.367. The molecule has 2 atom stereocenters. The van der Waals surface area contributed by atoms with E-state index in [1.807, 2.05) is 43.3 Å². The molecule has 0 radical (unpaired) electrons. The Morgan fingerprint density at radius 1 is 1.11 bits per heavy atom. The van der Waals surface area contributed by atoms with E-state index in [0.29, 0.717) is 39.9 Å². The summed E-state index contributed by atoms with van der Waals surface area (Å²) >= 11 is 0. The summed E-state index contributed by atoms with van der Waals surface area (Å²) in [7, 11) is 0. The molecule has 0 spiro atoms. The molecule has 0 amide bonds. The summed E-state index contributed by atoms with van der Waals surface area (Å²) in [5.41, 5.74) is 4.68. The Morgan fingerprint density at radius 3 is 2.78 bits per heavy atom. The van der Waals surface area contributed by atoms with Crippen LogP contribution in [0.25, 0.3) is 0 Å². The molecule has 1 saturated heterocycles. The first-order valence-electron chi connectivity index (χ1n) is 13.1. The number of carbonyl (C=O) groups excluding carboxylic acids is 2. The number of fused-ring (bicyclic) bond motifs is 5. The number of rotatable bonds is 5. The number of likely N-dealkylation sites (tertiary alicyclic amines) is 1. The third-order valence-electron chi connectivity index (χ3n) is 7.86. The minimum Gasteiger partial charge on any atom is -0.444 e. The zero-order valence-electron chi connectivity index (χ0n) is 20.9. The number of ether oxygens (including phenoxy) is 1. The van der Waals surface area contributed by atoms with Gasteiger partial charge in [-0.1, -0.05) is 36.8 Å². The number of nitrogens with one attached hydrogen (secondary N) is 2. The molecule has 0 bridgehead atoms. The number of benzene rings is 2. The van der Waals surface area contributed by atoms with Crippen molar-refractivity contribution in [3.05, 3.63) is 82.3 Å². The summed E-state index contributed by atoms with van der Waals surface area (Å²) in [6, 6.07) is 13.7. The van der Waals surface area contributed by atoms with Crippen LogP contribution in [-0.2, 0) is 0 Å². The fourth-order valence-corrected chi connectivity index (χ4v) is 5.88. The lowest BCUT2D eigenvalue weighted by molar-refractivity contribution is -0.361. The zero-order valence-corrected chi connectivity index (χ0v) is 20.9. The van der Waals surface area contributed by atoms with E-state index in [9.17, 15) is 9.59 Å². The summed E-state index contributed by atoms with van der Waals surface area (Å²) in [6.07, 6.45) is 6.69. The molecule has 2 aromatic rings. The Labute approximate surface area is 211 Å². The van der Waals surface area contributed by atoms with Gasteiger partial charge in [0.25, 0.3) is 0 Å². The van der Waals surface area contributed by atoms with E-state index < -0.39 is 5.92 Å². The number of aryl methyl sites for hydroxylation is 1. The molecule has 36 heavy (non-hydrogen) atoms. The van der Waals surface area contributed by atoms with Crippen LogP contribution in [0.15, 0.2) is 65.6 Å². The molecule has 0 aromatic heterocycles. The van der Waals surface area contributed by atoms with E-state index >= 15 is 0 Å². The molecule has 2 heterocycles. The van der Waals surface area contributed by atoms with E-state index in [-0.39, 0.29) is 11.6 Å². The maximum absolute atomic E-state index is 13.8. The van der Waals surface area contributed by atoms with Crippen molar-refractivity contribution in [3.63, 3.8) is 0 Å². The van der Waals surface area contributed by atoms with Crippen molar-refractivity contribution in [2.24, 2.45) is 5.92 Å². The van der Waals surface area contributed by atoms with Gasteiger partial charge in [-0.25, -0.2) is 4.99 Å². The van der Waals surface area contributed by atoms with E-state index in [4.69, 9.17) is 4.74 Å². The van der Waals surface area contributed by atoms with Gasteiger partial charge in [-0.15, -0.1) is 0 Å². The summed E-state index contributed by atoms with van der Waals surface area (Å²) in [4.78, 5) is 33.5. The molecule has 184 valence electrons. The Hall–Kier alpha value is -3.51. The van der Waals surface area contributed by atoms with Gasteiger partial charge in [-0.2, -0.15) is 0 Å². The second-order valence-electron chi connectivity index (χ2n) is 10.3. The van der Waals surface area contributed by atoms with E-state index in [0.717, 1.165) is 43.1 Å². The molecule has 6 heteroatoms. The molecular weight excluding hydrogens is 450 g/mol. The molecular formula is C30H32N3O3+. The molecule has 4 aliphatic rings. The van der Waals surface area contributed by atoms with Gasteiger partial charge >= 0.3 is 0 Å². The van der Waals surface area contributed by atoms with Crippen molar-refractivity contribution in [1.82, 2.24) is 10.2 Å². The van der Waals surface area contributed by atoms with Crippen molar-refractivity contribution in [2.45, 2.75) is 45.6 Å². The molecule has 6 nitrogen and oxygen atoms in total. The molecule has 1 fully saturated rings. The first-order chi connectivity index (χ1) is 17.5. The van der Waals surface area contributed by atoms with Crippen LogP contribution in [0.1, 0.15) is 58.9 Å². The summed E-state index contributed by atoms with van der Waals surface area (Å²) in [6.45, 7) is 7.23. The van der Waals surface area contributed by atoms with Gasteiger partial charge in [0.05, 0.1) is 0 Å². The Kier molecular flexibility index (Phi) is 5.84. The molecule has 2 N–H and O–H groups in total. The summed E-state index contributed by atoms with van der Waals surface area (Å²) < 4.78 is 6.30. The average molecular weight is 483 g/mol. The van der Waals surface area contributed by atoms with Crippen molar-refractivity contribution >= 4 is 23.0 Å². The number of hydrogen-bond donors (Lipinski definition) is 2. The highest BCUT2D eigenvalue weighted by molar-refractivity contribution is 6.32. The fourth-order valence-electron chi connectivity index (χ4n) is 5.88. The smallest absolute Gasteiger partial charge is 0.246 e. The first-order valence-corrected chi connectivity index (χ1v) is 13.1.